The summed E-state index contributed by atoms with van der Waals surface area (Å²) in [4.78, 5) is 30.4. The van der Waals surface area contributed by atoms with Gasteiger partial charge in [-0.3, -0.25) is 14.6 Å². The highest BCUT2D eigenvalue weighted by atomic mass is 16.5. The summed E-state index contributed by atoms with van der Waals surface area (Å²) in [5.74, 6) is 0.224. The van der Waals surface area contributed by atoms with Gasteiger partial charge >= 0.3 is 0 Å². The summed E-state index contributed by atoms with van der Waals surface area (Å²) in [5.41, 5.74) is 4.80. The Morgan fingerprint density at radius 3 is 2.52 bits per heavy atom. The molecule has 0 N–H and O–H groups in total. The number of Topliss-reactive ketones (excluding diaryl/α,β-unsaturated/α-hetero) is 2. The lowest BCUT2D eigenvalue weighted by Gasteiger charge is -2.33. The number of hydrogen-bond acceptors (Lipinski definition) is 4. The van der Waals surface area contributed by atoms with Crippen molar-refractivity contribution < 1.29 is 14.3 Å². The number of carbonyl (C=O) groups excluding carboxylic acids is 2. The number of hydrogen-bond donors (Lipinski definition) is 0. The van der Waals surface area contributed by atoms with Crippen molar-refractivity contribution in [2.24, 2.45) is 5.41 Å². The third kappa shape index (κ3) is 3.32. The maximum absolute atomic E-state index is 13.0. The second-order valence-corrected chi connectivity index (χ2v) is 8.27. The average molecular weight is 341 g/mol. The normalized spacial score (nSPS) is 19.6. The number of pyridine rings is 1. The quantitative estimate of drug-likeness (QED) is 0.766. The predicted octanol–water partition coefficient (Wildman–Crippen LogP) is 4.37. The molecule has 0 spiro atoms. The lowest BCUT2D eigenvalue weighted by Crippen LogP contribution is -2.31. The van der Waals surface area contributed by atoms with Crippen molar-refractivity contribution in [3.63, 3.8) is 0 Å². The minimum Gasteiger partial charge on any atom is -0.377 e. The smallest absolute Gasteiger partial charge is 0.165 e. The third-order valence-electron chi connectivity index (χ3n) is 5.05. The second-order valence-electron chi connectivity index (χ2n) is 8.27. The fraction of sp³-hybridized carbons (Fsp3) is 0.571. The molecule has 0 atom stereocenters. The van der Waals surface area contributed by atoms with Crippen LogP contribution < -0.4 is 0 Å². The molecule has 25 heavy (non-hydrogen) atoms. The zero-order valence-electron chi connectivity index (χ0n) is 15.9. The van der Waals surface area contributed by atoms with Crippen LogP contribution in [0.2, 0.25) is 0 Å². The Hall–Kier alpha value is -1.81. The van der Waals surface area contributed by atoms with Crippen molar-refractivity contribution in [3.05, 3.63) is 34.2 Å². The van der Waals surface area contributed by atoms with Gasteiger partial charge in [0, 0.05) is 23.1 Å². The molecular formula is C21H27NO3. The van der Waals surface area contributed by atoms with E-state index in [9.17, 15) is 9.59 Å². The number of fused-ring (bicyclic) bond motifs is 1. The SMILES string of the molecule is CC(=O)c1c(C(C)C)nc2c(c1C1=CCOCC1)C(=O)CC(C)(C)C2. The molecule has 0 unspecified atom stereocenters. The molecule has 4 nitrogen and oxygen atoms in total. The Morgan fingerprint density at radius 1 is 1.24 bits per heavy atom. The van der Waals surface area contributed by atoms with Crippen LogP contribution in [0, 0.1) is 5.41 Å². The number of nitrogens with zero attached hydrogens (tertiary/aromatic N) is 1. The van der Waals surface area contributed by atoms with Gasteiger partial charge in [0.1, 0.15) is 0 Å². The minimum atomic E-state index is -0.0929. The molecule has 0 saturated heterocycles. The topological polar surface area (TPSA) is 56.3 Å². The molecule has 0 fully saturated rings. The Morgan fingerprint density at radius 2 is 1.96 bits per heavy atom. The Balaban J connectivity index is 2.36. The van der Waals surface area contributed by atoms with Crippen LogP contribution in [0.4, 0.5) is 0 Å². The van der Waals surface area contributed by atoms with E-state index in [1.165, 1.54) is 0 Å². The van der Waals surface area contributed by atoms with Crippen LogP contribution in [0.5, 0.6) is 0 Å². The fourth-order valence-electron chi connectivity index (χ4n) is 3.97. The van der Waals surface area contributed by atoms with E-state index in [-0.39, 0.29) is 22.9 Å². The molecule has 4 heteroatoms. The summed E-state index contributed by atoms with van der Waals surface area (Å²) in [5, 5.41) is 0. The maximum atomic E-state index is 13.0. The number of aromatic nitrogens is 1. The Bertz CT molecular complexity index is 772. The number of ketones is 2. The molecule has 0 radical (unpaired) electrons. The van der Waals surface area contributed by atoms with Crippen molar-refractivity contribution in [1.29, 1.82) is 0 Å². The standard InChI is InChI=1S/C21H27NO3/c1-12(2)20-17(13(3)23)18(14-6-8-25-9-7-14)19-15(22-20)10-21(4,5)11-16(19)24/h6,12H,7-11H2,1-5H3. The second kappa shape index (κ2) is 6.49. The van der Waals surface area contributed by atoms with Crippen LogP contribution >= 0.6 is 0 Å². The predicted molar refractivity (Wildman–Crippen MR) is 98.2 cm³/mol. The number of ether oxygens (including phenoxy) is 1. The van der Waals surface area contributed by atoms with Crippen molar-refractivity contribution in [1.82, 2.24) is 4.98 Å². The first-order valence-electron chi connectivity index (χ1n) is 9.09. The first kappa shape index (κ1) is 18.0. The van der Waals surface area contributed by atoms with Gasteiger partial charge in [-0.05, 0) is 36.7 Å². The van der Waals surface area contributed by atoms with E-state index in [4.69, 9.17) is 9.72 Å². The Kier molecular flexibility index (Phi) is 4.67. The summed E-state index contributed by atoms with van der Waals surface area (Å²) in [6.07, 6.45) is 4.01. The number of rotatable bonds is 3. The molecule has 2 heterocycles. The molecule has 0 amide bonds. The summed E-state index contributed by atoms with van der Waals surface area (Å²) >= 11 is 0. The monoisotopic (exact) mass is 341 g/mol. The van der Waals surface area contributed by atoms with Gasteiger partial charge < -0.3 is 4.74 Å². The average Bonchev–Trinajstić information content (AvgIpc) is 2.52. The van der Waals surface area contributed by atoms with E-state index < -0.39 is 0 Å². The van der Waals surface area contributed by atoms with Crippen LogP contribution in [-0.4, -0.2) is 29.8 Å². The van der Waals surface area contributed by atoms with Gasteiger partial charge in [0.2, 0.25) is 0 Å². The molecule has 1 aromatic rings. The zero-order chi connectivity index (χ0) is 18.4. The minimum absolute atomic E-state index is 0.0148. The van der Waals surface area contributed by atoms with Crippen molar-refractivity contribution in [2.75, 3.05) is 13.2 Å². The van der Waals surface area contributed by atoms with Gasteiger partial charge in [-0.1, -0.05) is 33.8 Å². The van der Waals surface area contributed by atoms with Crippen LogP contribution in [0.1, 0.15) is 91.0 Å². The first-order chi connectivity index (χ1) is 11.7. The van der Waals surface area contributed by atoms with E-state index in [1.807, 2.05) is 6.08 Å². The number of carbonyl (C=O) groups is 2. The van der Waals surface area contributed by atoms with Crippen LogP contribution in [0.3, 0.4) is 0 Å². The van der Waals surface area contributed by atoms with Gasteiger partial charge in [-0.15, -0.1) is 0 Å². The van der Waals surface area contributed by atoms with Gasteiger partial charge in [-0.25, -0.2) is 0 Å². The van der Waals surface area contributed by atoms with E-state index in [0.29, 0.717) is 30.8 Å². The van der Waals surface area contributed by atoms with E-state index in [2.05, 4.69) is 27.7 Å². The molecule has 0 saturated carbocycles. The molecule has 134 valence electrons. The lowest BCUT2D eigenvalue weighted by atomic mass is 9.72. The molecule has 1 aromatic heterocycles. The Labute approximate surface area is 149 Å². The molecule has 3 rings (SSSR count). The van der Waals surface area contributed by atoms with Crippen LogP contribution in [0.15, 0.2) is 6.08 Å². The van der Waals surface area contributed by atoms with Crippen LogP contribution in [0.25, 0.3) is 5.57 Å². The molecule has 1 aliphatic carbocycles. The van der Waals surface area contributed by atoms with E-state index in [1.54, 1.807) is 6.92 Å². The molecule has 1 aliphatic heterocycles. The van der Waals surface area contributed by atoms with Gasteiger partial charge in [0.05, 0.1) is 24.6 Å². The highest BCUT2D eigenvalue weighted by Gasteiger charge is 2.37. The largest absolute Gasteiger partial charge is 0.377 e. The molecule has 0 bridgehead atoms. The highest BCUT2D eigenvalue weighted by molar-refractivity contribution is 6.09. The third-order valence-corrected chi connectivity index (χ3v) is 5.05. The van der Waals surface area contributed by atoms with Crippen LogP contribution in [-0.2, 0) is 11.2 Å². The molecule has 0 aromatic carbocycles. The van der Waals surface area contributed by atoms with Gasteiger partial charge in [-0.2, -0.15) is 0 Å². The zero-order valence-corrected chi connectivity index (χ0v) is 15.9. The lowest BCUT2D eigenvalue weighted by molar-refractivity contribution is 0.0909. The summed E-state index contributed by atoms with van der Waals surface area (Å²) < 4.78 is 5.44. The van der Waals surface area contributed by atoms with Gasteiger partial charge in [0.15, 0.2) is 11.6 Å². The highest BCUT2D eigenvalue weighted by Crippen LogP contribution is 2.41. The van der Waals surface area contributed by atoms with Crippen molar-refractivity contribution in [3.8, 4) is 0 Å². The van der Waals surface area contributed by atoms with Crippen molar-refractivity contribution >= 4 is 17.1 Å². The van der Waals surface area contributed by atoms with E-state index >= 15 is 0 Å². The summed E-state index contributed by atoms with van der Waals surface area (Å²) in [7, 11) is 0. The first-order valence-corrected chi connectivity index (χ1v) is 9.09. The summed E-state index contributed by atoms with van der Waals surface area (Å²) in [6.45, 7) is 11.1. The molecule has 2 aliphatic rings. The van der Waals surface area contributed by atoms with Gasteiger partial charge in [0.25, 0.3) is 0 Å². The maximum Gasteiger partial charge on any atom is 0.165 e. The van der Waals surface area contributed by atoms with Crippen molar-refractivity contribution in [2.45, 2.75) is 59.8 Å². The van der Waals surface area contributed by atoms with E-state index in [0.717, 1.165) is 35.4 Å². The summed E-state index contributed by atoms with van der Waals surface area (Å²) in [6, 6.07) is 0. The fourth-order valence-corrected chi connectivity index (χ4v) is 3.97. The molecular weight excluding hydrogens is 314 g/mol.